The van der Waals surface area contributed by atoms with E-state index in [0.717, 1.165) is 49.7 Å². The smallest absolute Gasteiger partial charge is 0.336 e. The van der Waals surface area contributed by atoms with Crippen LogP contribution in [0.3, 0.4) is 0 Å². The van der Waals surface area contributed by atoms with Gasteiger partial charge >= 0.3 is 5.63 Å². The highest BCUT2D eigenvalue weighted by atomic mass is 35.5. The van der Waals surface area contributed by atoms with E-state index in [-0.39, 0.29) is 0 Å². The lowest BCUT2D eigenvalue weighted by Crippen LogP contribution is -2.40. The van der Waals surface area contributed by atoms with Crippen LogP contribution in [0.2, 0.25) is 0 Å². The van der Waals surface area contributed by atoms with Crippen LogP contribution < -0.4 is 15.2 Å². The number of piperidine rings is 1. The van der Waals surface area contributed by atoms with E-state index in [0.29, 0.717) is 29.6 Å². The summed E-state index contributed by atoms with van der Waals surface area (Å²) in [6, 6.07) is 7.38. The molecule has 3 heterocycles. The average molecular weight is 377 g/mol. The van der Waals surface area contributed by atoms with Gasteiger partial charge in [0.15, 0.2) is 11.2 Å². The summed E-state index contributed by atoms with van der Waals surface area (Å²) in [5, 5.41) is 1.75. The monoisotopic (exact) mass is 376 g/mol. The van der Waals surface area contributed by atoms with Crippen LogP contribution in [0.5, 0.6) is 5.75 Å². The number of ether oxygens (including phenoxy) is 1. The van der Waals surface area contributed by atoms with E-state index in [2.05, 4.69) is 9.74 Å². The molecular formula is C19H21ClN2O4. The first kappa shape index (κ1) is 17.4. The summed E-state index contributed by atoms with van der Waals surface area (Å²) in [5.74, 6) is 0.505. The van der Waals surface area contributed by atoms with Gasteiger partial charge in [-0.1, -0.05) is 0 Å². The van der Waals surface area contributed by atoms with Gasteiger partial charge < -0.3 is 18.5 Å². The molecule has 1 aliphatic heterocycles. The molecule has 0 unspecified atom stereocenters. The molecule has 138 valence electrons. The van der Waals surface area contributed by atoms with Crippen molar-refractivity contribution >= 4 is 33.7 Å². The van der Waals surface area contributed by atoms with Crippen LogP contribution in [-0.2, 0) is 0 Å². The van der Waals surface area contributed by atoms with Gasteiger partial charge in [0.05, 0.1) is 12.9 Å². The Morgan fingerprint density at radius 1 is 1.19 bits per heavy atom. The molecule has 1 aliphatic rings. The minimum Gasteiger partial charge on any atom is -0.486 e. The molecule has 1 N–H and O–H groups in total. The number of furan rings is 1. The van der Waals surface area contributed by atoms with Gasteiger partial charge in [-0.15, -0.1) is 0 Å². The Balaban J connectivity index is 1.44. The van der Waals surface area contributed by atoms with Crippen LogP contribution in [0.25, 0.3) is 21.9 Å². The van der Waals surface area contributed by atoms with Crippen molar-refractivity contribution in [2.24, 2.45) is 0 Å². The standard InChI is InChI=1S/C19H21ClN2O4/c20-21-15-4-8-22(9-5-15)7-1-10-24-19-17-14(6-11-25-17)12-13-2-3-16(23)26-18(13)19/h2-3,6,11-12,15,21H,1,4-5,7-10H2. The second kappa shape index (κ2) is 7.70. The normalized spacial score (nSPS) is 16.5. The lowest BCUT2D eigenvalue weighted by atomic mass is 10.1. The number of hydrogen-bond acceptors (Lipinski definition) is 6. The molecule has 0 radical (unpaired) electrons. The zero-order chi connectivity index (χ0) is 17.9. The average Bonchev–Trinajstić information content (AvgIpc) is 3.13. The van der Waals surface area contributed by atoms with Crippen molar-refractivity contribution in [3.8, 4) is 5.75 Å². The van der Waals surface area contributed by atoms with Crippen molar-refractivity contribution in [3.63, 3.8) is 0 Å². The molecule has 7 heteroatoms. The van der Waals surface area contributed by atoms with Crippen LogP contribution in [0.15, 0.2) is 44.2 Å². The third-order valence-corrected chi connectivity index (χ3v) is 5.20. The molecular weight excluding hydrogens is 356 g/mol. The van der Waals surface area contributed by atoms with Gasteiger partial charge in [0.1, 0.15) is 0 Å². The Morgan fingerprint density at radius 3 is 2.81 bits per heavy atom. The maximum Gasteiger partial charge on any atom is 0.336 e. The van der Waals surface area contributed by atoms with Crippen LogP contribution in [0.4, 0.5) is 0 Å². The van der Waals surface area contributed by atoms with Crippen molar-refractivity contribution in [2.75, 3.05) is 26.2 Å². The number of nitrogens with zero attached hydrogens (tertiary/aromatic N) is 1. The summed E-state index contributed by atoms with van der Waals surface area (Å²) in [5.41, 5.74) is 0.652. The SMILES string of the molecule is O=c1ccc2cc3ccoc3c(OCCCN3CCC(NCl)CC3)c2o1. The number of halogens is 1. The van der Waals surface area contributed by atoms with Gasteiger partial charge in [0.2, 0.25) is 5.75 Å². The molecule has 0 spiro atoms. The summed E-state index contributed by atoms with van der Waals surface area (Å²) in [6.07, 6.45) is 4.62. The zero-order valence-corrected chi connectivity index (χ0v) is 15.1. The third kappa shape index (κ3) is 3.58. The zero-order valence-electron chi connectivity index (χ0n) is 14.4. The molecule has 1 saturated heterocycles. The van der Waals surface area contributed by atoms with E-state index in [1.54, 1.807) is 12.3 Å². The molecule has 1 fully saturated rings. The van der Waals surface area contributed by atoms with E-state index < -0.39 is 5.63 Å². The highest BCUT2D eigenvalue weighted by Crippen LogP contribution is 2.35. The predicted octanol–water partition coefficient (Wildman–Crippen LogP) is 3.52. The fraction of sp³-hybridized carbons (Fsp3) is 0.421. The van der Waals surface area contributed by atoms with Crippen molar-refractivity contribution in [3.05, 3.63) is 40.9 Å². The van der Waals surface area contributed by atoms with Crippen molar-refractivity contribution in [1.29, 1.82) is 0 Å². The van der Waals surface area contributed by atoms with Crippen LogP contribution in [0, 0.1) is 0 Å². The van der Waals surface area contributed by atoms with Crippen molar-refractivity contribution < 1.29 is 13.6 Å². The molecule has 4 rings (SSSR count). The number of nitrogens with one attached hydrogen (secondary N) is 1. The molecule has 0 saturated carbocycles. The number of rotatable bonds is 6. The number of fused-ring (bicyclic) bond motifs is 2. The largest absolute Gasteiger partial charge is 0.486 e. The molecule has 0 atom stereocenters. The van der Waals surface area contributed by atoms with Crippen molar-refractivity contribution in [2.45, 2.75) is 25.3 Å². The predicted molar refractivity (Wildman–Crippen MR) is 101 cm³/mol. The topological polar surface area (TPSA) is 67.8 Å². The van der Waals surface area contributed by atoms with Crippen molar-refractivity contribution in [1.82, 2.24) is 9.74 Å². The van der Waals surface area contributed by atoms with E-state index >= 15 is 0 Å². The summed E-state index contributed by atoms with van der Waals surface area (Å²) >= 11 is 5.69. The van der Waals surface area contributed by atoms with E-state index in [4.69, 9.17) is 25.3 Å². The first-order chi connectivity index (χ1) is 12.7. The van der Waals surface area contributed by atoms with Crippen LogP contribution in [0.1, 0.15) is 19.3 Å². The Kier molecular flexibility index (Phi) is 5.15. The maximum atomic E-state index is 11.6. The number of hydrogen-bond donors (Lipinski definition) is 1. The summed E-state index contributed by atoms with van der Waals surface area (Å²) in [7, 11) is 0. The second-order valence-electron chi connectivity index (χ2n) is 6.64. The minimum atomic E-state index is -0.399. The Labute approximate surface area is 155 Å². The molecule has 26 heavy (non-hydrogen) atoms. The Hall–Kier alpha value is -2.02. The van der Waals surface area contributed by atoms with Gasteiger partial charge in [0, 0.05) is 29.4 Å². The molecule has 1 aromatic carbocycles. The highest BCUT2D eigenvalue weighted by Gasteiger charge is 2.18. The number of benzene rings is 1. The van der Waals surface area contributed by atoms with Gasteiger partial charge in [-0.05, 0) is 62.3 Å². The molecule has 0 aliphatic carbocycles. The summed E-state index contributed by atoms with van der Waals surface area (Å²) in [6.45, 7) is 3.57. The summed E-state index contributed by atoms with van der Waals surface area (Å²) < 4.78 is 16.9. The van der Waals surface area contributed by atoms with E-state index in [1.165, 1.54) is 6.07 Å². The summed E-state index contributed by atoms with van der Waals surface area (Å²) in [4.78, 5) is 16.9. The lowest BCUT2D eigenvalue weighted by molar-refractivity contribution is 0.190. The quantitative estimate of drug-likeness (QED) is 0.403. The Bertz CT molecular complexity index is 944. The highest BCUT2D eigenvalue weighted by molar-refractivity contribution is 6.13. The first-order valence-corrected chi connectivity index (χ1v) is 9.28. The molecule has 0 amide bonds. The first-order valence-electron chi connectivity index (χ1n) is 8.90. The fourth-order valence-electron chi connectivity index (χ4n) is 3.47. The third-order valence-electron chi connectivity index (χ3n) is 4.89. The molecule has 2 aromatic heterocycles. The van der Waals surface area contributed by atoms with Gasteiger partial charge in [0.25, 0.3) is 0 Å². The van der Waals surface area contributed by atoms with Gasteiger partial charge in [-0.3, -0.25) is 0 Å². The minimum absolute atomic E-state index is 0.399. The van der Waals surface area contributed by atoms with Gasteiger partial charge in [-0.25, -0.2) is 9.63 Å². The molecule has 0 bridgehead atoms. The lowest BCUT2D eigenvalue weighted by Gasteiger charge is -2.30. The maximum absolute atomic E-state index is 11.6. The number of likely N-dealkylation sites (tertiary alicyclic amines) is 1. The van der Waals surface area contributed by atoms with Gasteiger partial charge in [-0.2, -0.15) is 0 Å². The van der Waals surface area contributed by atoms with Crippen LogP contribution in [-0.4, -0.2) is 37.2 Å². The Morgan fingerprint density at radius 2 is 2.00 bits per heavy atom. The van der Waals surface area contributed by atoms with E-state index in [9.17, 15) is 4.79 Å². The molecule has 3 aromatic rings. The van der Waals surface area contributed by atoms with Crippen LogP contribution >= 0.6 is 11.8 Å². The fourth-order valence-corrected chi connectivity index (χ4v) is 3.68. The second-order valence-corrected chi connectivity index (χ2v) is 6.86. The molecule has 6 nitrogen and oxygen atoms in total. The van der Waals surface area contributed by atoms with E-state index in [1.807, 2.05) is 12.1 Å².